The Kier molecular flexibility index (Phi) is 3.09. The summed E-state index contributed by atoms with van der Waals surface area (Å²) in [4.78, 5) is 4.00. The summed E-state index contributed by atoms with van der Waals surface area (Å²) < 4.78 is 10.8. The Morgan fingerprint density at radius 3 is 2.60 bits per heavy atom. The van der Waals surface area contributed by atoms with Crippen LogP contribution >= 0.6 is 0 Å². The number of nitrogen functional groups attached to an aromatic ring is 1. The van der Waals surface area contributed by atoms with Crippen LogP contribution in [0.4, 0.5) is 5.82 Å². The Labute approximate surface area is 116 Å². The largest absolute Gasteiger partial charge is 0.496 e. The lowest BCUT2D eigenvalue weighted by Crippen LogP contribution is -1.92. The average molecular weight is 267 g/mol. The maximum atomic E-state index is 5.96. The molecular weight excluding hydrogens is 254 g/mol. The predicted octanol–water partition coefficient (Wildman–Crippen LogP) is 2.99. The summed E-state index contributed by atoms with van der Waals surface area (Å²) in [5.41, 5.74) is 8.40. The van der Waals surface area contributed by atoms with Crippen molar-refractivity contribution in [3.05, 3.63) is 48.8 Å². The van der Waals surface area contributed by atoms with E-state index in [0.717, 1.165) is 22.4 Å². The number of ether oxygens (including phenoxy) is 1. The van der Waals surface area contributed by atoms with Crippen molar-refractivity contribution in [2.75, 3.05) is 12.8 Å². The molecule has 2 heterocycles. The fraction of sp³-hybridized carbons (Fsp3) is 0.0667. The van der Waals surface area contributed by atoms with Gasteiger partial charge >= 0.3 is 0 Å². The molecule has 2 N–H and O–H groups in total. The monoisotopic (exact) mass is 267 g/mol. The van der Waals surface area contributed by atoms with Crippen molar-refractivity contribution in [2.45, 2.75) is 0 Å². The van der Waals surface area contributed by atoms with E-state index in [1.165, 1.54) is 0 Å². The van der Waals surface area contributed by atoms with E-state index in [-0.39, 0.29) is 0 Å². The second kappa shape index (κ2) is 5.05. The highest BCUT2D eigenvalue weighted by molar-refractivity contribution is 5.89. The lowest BCUT2D eigenvalue weighted by molar-refractivity contribution is 0.416. The summed E-state index contributed by atoms with van der Waals surface area (Å²) in [5, 5.41) is 3.87. The van der Waals surface area contributed by atoms with Crippen LogP contribution in [0.2, 0.25) is 0 Å². The molecule has 0 spiro atoms. The number of aromatic nitrogens is 2. The molecule has 3 aromatic rings. The molecule has 0 aliphatic rings. The maximum absolute atomic E-state index is 5.96. The molecule has 0 unspecified atom stereocenters. The van der Waals surface area contributed by atoms with Gasteiger partial charge in [-0.1, -0.05) is 23.4 Å². The van der Waals surface area contributed by atoms with Gasteiger partial charge in [-0.2, -0.15) is 0 Å². The minimum atomic E-state index is 0.335. The predicted molar refractivity (Wildman–Crippen MR) is 76.1 cm³/mol. The van der Waals surface area contributed by atoms with Gasteiger partial charge in [0.25, 0.3) is 0 Å². The lowest BCUT2D eigenvalue weighted by Gasteiger charge is -2.08. The molecule has 0 amide bonds. The molecule has 0 aliphatic carbocycles. The van der Waals surface area contributed by atoms with E-state index in [1.54, 1.807) is 19.5 Å². The van der Waals surface area contributed by atoms with Crippen LogP contribution in [0.15, 0.2) is 53.3 Å². The Morgan fingerprint density at radius 2 is 1.85 bits per heavy atom. The Balaban J connectivity index is 2.22. The van der Waals surface area contributed by atoms with Crippen LogP contribution < -0.4 is 10.5 Å². The van der Waals surface area contributed by atoms with E-state index in [0.29, 0.717) is 11.6 Å². The van der Waals surface area contributed by atoms with Gasteiger partial charge in [-0.3, -0.25) is 4.98 Å². The minimum Gasteiger partial charge on any atom is -0.496 e. The third-order valence-corrected chi connectivity index (χ3v) is 3.04. The van der Waals surface area contributed by atoms with Crippen molar-refractivity contribution in [3.8, 4) is 28.2 Å². The van der Waals surface area contributed by atoms with E-state index in [2.05, 4.69) is 10.1 Å². The van der Waals surface area contributed by atoms with Gasteiger partial charge in [0, 0.05) is 23.5 Å². The molecule has 1 aromatic carbocycles. The van der Waals surface area contributed by atoms with Gasteiger partial charge in [0.15, 0.2) is 11.6 Å². The molecule has 0 bridgehead atoms. The van der Waals surface area contributed by atoms with E-state index in [9.17, 15) is 0 Å². The summed E-state index contributed by atoms with van der Waals surface area (Å²) in [6.07, 6.45) is 3.39. The number of benzene rings is 1. The number of hydrogen-bond donors (Lipinski definition) is 1. The van der Waals surface area contributed by atoms with Crippen LogP contribution in [0, 0.1) is 0 Å². The summed E-state index contributed by atoms with van der Waals surface area (Å²) in [5.74, 6) is 1.66. The van der Waals surface area contributed by atoms with E-state index >= 15 is 0 Å². The number of anilines is 1. The van der Waals surface area contributed by atoms with E-state index < -0.39 is 0 Å². The fourth-order valence-electron chi connectivity index (χ4n) is 2.11. The van der Waals surface area contributed by atoms with Crippen LogP contribution in [0.5, 0.6) is 5.75 Å². The number of para-hydroxylation sites is 1. The van der Waals surface area contributed by atoms with E-state index in [4.69, 9.17) is 15.0 Å². The first-order valence-electron chi connectivity index (χ1n) is 6.10. The molecular formula is C15H13N3O2. The number of rotatable bonds is 3. The van der Waals surface area contributed by atoms with Gasteiger partial charge in [0.05, 0.1) is 12.7 Å². The molecule has 2 aromatic heterocycles. The number of hydrogen-bond acceptors (Lipinski definition) is 5. The van der Waals surface area contributed by atoms with Crippen molar-refractivity contribution in [2.24, 2.45) is 0 Å². The second-order valence-corrected chi connectivity index (χ2v) is 4.21. The number of nitrogens with zero attached hydrogens (tertiary/aromatic N) is 2. The molecule has 0 aliphatic heterocycles. The van der Waals surface area contributed by atoms with Crippen molar-refractivity contribution in [3.63, 3.8) is 0 Å². The Hall–Kier alpha value is -2.82. The first-order chi connectivity index (χ1) is 9.81. The number of pyridine rings is 1. The molecule has 3 rings (SSSR count). The standard InChI is InChI=1S/C15H13N3O2/c1-19-12-5-3-2-4-11(12)13-14(20-18-15(13)16)10-6-8-17-9-7-10/h2-9H,1H3,(H2,16,18). The zero-order chi connectivity index (χ0) is 13.9. The van der Waals surface area contributed by atoms with Crippen LogP contribution in [-0.2, 0) is 0 Å². The molecule has 5 heteroatoms. The highest BCUT2D eigenvalue weighted by atomic mass is 16.5. The fourth-order valence-corrected chi connectivity index (χ4v) is 2.11. The van der Waals surface area contributed by atoms with E-state index in [1.807, 2.05) is 36.4 Å². The maximum Gasteiger partial charge on any atom is 0.177 e. The quantitative estimate of drug-likeness (QED) is 0.789. The zero-order valence-corrected chi connectivity index (χ0v) is 10.9. The van der Waals surface area contributed by atoms with Crippen molar-refractivity contribution in [1.82, 2.24) is 10.1 Å². The van der Waals surface area contributed by atoms with Gasteiger partial charge < -0.3 is 15.0 Å². The van der Waals surface area contributed by atoms with Gasteiger partial charge in [-0.15, -0.1) is 0 Å². The summed E-state index contributed by atoms with van der Waals surface area (Å²) in [6.45, 7) is 0. The van der Waals surface area contributed by atoms with Gasteiger partial charge in [-0.05, 0) is 18.2 Å². The molecule has 0 fully saturated rings. The smallest absolute Gasteiger partial charge is 0.177 e. The first-order valence-corrected chi connectivity index (χ1v) is 6.10. The van der Waals surface area contributed by atoms with Crippen LogP contribution in [-0.4, -0.2) is 17.3 Å². The molecule has 0 radical (unpaired) electrons. The summed E-state index contributed by atoms with van der Waals surface area (Å²) in [6, 6.07) is 11.3. The average Bonchev–Trinajstić information content (AvgIpc) is 2.89. The molecule has 0 saturated heterocycles. The Bertz CT molecular complexity index is 723. The highest BCUT2D eigenvalue weighted by Crippen LogP contribution is 2.40. The number of methoxy groups -OCH3 is 1. The van der Waals surface area contributed by atoms with Crippen molar-refractivity contribution >= 4 is 5.82 Å². The lowest BCUT2D eigenvalue weighted by atomic mass is 10.0. The summed E-state index contributed by atoms with van der Waals surface area (Å²) >= 11 is 0. The molecule has 0 saturated carbocycles. The van der Waals surface area contributed by atoms with Gasteiger partial charge in [0.2, 0.25) is 0 Å². The molecule has 100 valence electrons. The van der Waals surface area contributed by atoms with Crippen LogP contribution in [0.3, 0.4) is 0 Å². The molecule has 20 heavy (non-hydrogen) atoms. The zero-order valence-electron chi connectivity index (χ0n) is 10.9. The molecule has 5 nitrogen and oxygen atoms in total. The first kappa shape index (κ1) is 12.2. The third kappa shape index (κ3) is 1.99. The van der Waals surface area contributed by atoms with Crippen LogP contribution in [0.25, 0.3) is 22.5 Å². The van der Waals surface area contributed by atoms with Gasteiger partial charge in [-0.25, -0.2) is 0 Å². The minimum absolute atomic E-state index is 0.335. The Morgan fingerprint density at radius 1 is 1.10 bits per heavy atom. The van der Waals surface area contributed by atoms with Crippen LogP contribution in [0.1, 0.15) is 0 Å². The third-order valence-electron chi connectivity index (χ3n) is 3.04. The highest BCUT2D eigenvalue weighted by Gasteiger charge is 2.20. The van der Waals surface area contributed by atoms with Gasteiger partial charge in [0.1, 0.15) is 5.75 Å². The number of nitrogens with two attached hydrogens (primary N) is 1. The second-order valence-electron chi connectivity index (χ2n) is 4.21. The molecule has 0 atom stereocenters. The topological polar surface area (TPSA) is 74.2 Å². The SMILES string of the molecule is COc1ccccc1-c1c(N)noc1-c1ccncc1. The van der Waals surface area contributed by atoms with Crippen molar-refractivity contribution < 1.29 is 9.26 Å². The normalized spacial score (nSPS) is 10.4. The summed E-state index contributed by atoms with van der Waals surface area (Å²) in [7, 11) is 1.62. The van der Waals surface area contributed by atoms with Crippen molar-refractivity contribution in [1.29, 1.82) is 0 Å².